The predicted octanol–water partition coefficient (Wildman–Crippen LogP) is 6.54. The number of benzene rings is 2. The third-order valence-electron chi connectivity index (χ3n) is 8.75. The number of carboxylic acid groups (broad SMARTS) is 1. The molecular formula is C33H45NO6. The van der Waals surface area contributed by atoms with Gasteiger partial charge in [-0.2, -0.15) is 0 Å². The Morgan fingerprint density at radius 1 is 1.00 bits per heavy atom. The van der Waals surface area contributed by atoms with Crippen molar-refractivity contribution in [3.05, 3.63) is 48.0 Å². The maximum absolute atomic E-state index is 11.4. The zero-order chi connectivity index (χ0) is 28.1. The van der Waals surface area contributed by atoms with Gasteiger partial charge in [0.1, 0.15) is 17.2 Å². The van der Waals surface area contributed by atoms with Crippen molar-refractivity contribution in [3.63, 3.8) is 0 Å². The predicted molar refractivity (Wildman–Crippen MR) is 156 cm³/mol. The van der Waals surface area contributed by atoms with Crippen LogP contribution in [0, 0.1) is 17.8 Å². The fraction of sp³-hybridized carbons (Fsp3) is 0.606. The Labute approximate surface area is 238 Å². The molecule has 0 radical (unpaired) electrons. The summed E-state index contributed by atoms with van der Waals surface area (Å²) in [5.41, 5.74) is 2.10. The van der Waals surface area contributed by atoms with Crippen LogP contribution in [0.5, 0.6) is 17.2 Å². The summed E-state index contributed by atoms with van der Waals surface area (Å²) in [6, 6.07) is 14.2. The van der Waals surface area contributed by atoms with Gasteiger partial charge >= 0.3 is 5.97 Å². The van der Waals surface area contributed by atoms with E-state index in [9.17, 15) is 9.90 Å². The molecular weight excluding hydrogens is 506 g/mol. The van der Waals surface area contributed by atoms with E-state index in [0.29, 0.717) is 31.0 Å². The zero-order valence-electron chi connectivity index (χ0n) is 24.3. The number of hydrogen-bond acceptors (Lipinski definition) is 6. The van der Waals surface area contributed by atoms with Crippen molar-refractivity contribution in [1.29, 1.82) is 0 Å². The molecule has 5 rings (SSSR count). The molecule has 1 saturated carbocycles. The number of nitrogens with zero attached hydrogens (tertiary/aromatic N) is 1. The Kier molecular flexibility index (Phi) is 9.09. The molecule has 2 heterocycles. The van der Waals surface area contributed by atoms with Crippen molar-refractivity contribution >= 4 is 11.7 Å². The molecule has 0 amide bonds. The van der Waals surface area contributed by atoms with Gasteiger partial charge in [-0.3, -0.25) is 4.79 Å². The number of hydrogen-bond donors (Lipinski definition) is 1. The molecule has 3 fully saturated rings. The fourth-order valence-electron chi connectivity index (χ4n) is 6.33. The lowest BCUT2D eigenvalue weighted by Crippen LogP contribution is -2.37. The van der Waals surface area contributed by atoms with Crippen LogP contribution in [-0.2, 0) is 9.53 Å². The molecule has 3 aliphatic rings. The quantitative estimate of drug-likeness (QED) is 0.321. The number of piperidine rings is 1. The first-order valence-corrected chi connectivity index (χ1v) is 14.9. The molecule has 40 heavy (non-hydrogen) atoms. The Morgan fingerprint density at radius 3 is 2.48 bits per heavy atom. The first-order chi connectivity index (χ1) is 19.3. The molecule has 1 aliphatic carbocycles. The third-order valence-corrected chi connectivity index (χ3v) is 8.75. The molecule has 2 saturated heterocycles. The van der Waals surface area contributed by atoms with Crippen LogP contribution < -0.4 is 19.1 Å². The molecule has 7 nitrogen and oxygen atoms in total. The highest BCUT2D eigenvalue weighted by Crippen LogP contribution is 2.45. The van der Waals surface area contributed by atoms with Crippen molar-refractivity contribution < 1.29 is 28.8 Å². The lowest BCUT2D eigenvalue weighted by Gasteiger charge is -2.36. The van der Waals surface area contributed by atoms with Gasteiger partial charge in [-0.05, 0) is 106 Å². The molecule has 2 atom stereocenters. The van der Waals surface area contributed by atoms with Gasteiger partial charge in [-0.1, -0.05) is 12.1 Å². The minimum atomic E-state index is -0.730. The summed E-state index contributed by atoms with van der Waals surface area (Å²) >= 11 is 0. The summed E-state index contributed by atoms with van der Waals surface area (Å²) in [5.74, 6) is 3.41. The van der Waals surface area contributed by atoms with Gasteiger partial charge in [-0.15, -0.1) is 0 Å². The highest BCUT2D eigenvalue weighted by molar-refractivity contribution is 5.68. The molecule has 0 bridgehead atoms. The normalized spacial score (nSPS) is 22.0. The van der Waals surface area contributed by atoms with Gasteiger partial charge in [0.25, 0.3) is 0 Å². The summed E-state index contributed by atoms with van der Waals surface area (Å²) in [5, 5.41) is 9.37. The lowest BCUT2D eigenvalue weighted by molar-refractivity contribution is -0.137. The van der Waals surface area contributed by atoms with E-state index in [-0.39, 0.29) is 17.9 Å². The SMILES string of the molecule is COc1ccc(OCC2CCOC(C)(C)C2)c(N2CCC(COc3cccc(C(CC(=O)O)C4CC4)c3)CC2)c1. The smallest absolute Gasteiger partial charge is 0.303 e. The van der Waals surface area contributed by atoms with E-state index in [4.69, 9.17) is 18.9 Å². The van der Waals surface area contributed by atoms with Gasteiger partial charge in [0.05, 0.1) is 38.0 Å². The van der Waals surface area contributed by atoms with Gasteiger partial charge < -0.3 is 29.0 Å². The Balaban J connectivity index is 1.15. The number of ether oxygens (including phenoxy) is 4. The van der Waals surface area contributed by atoms with E-state index in [1.807, 2.05) is 30.3 Å². The molecule has 2 unspecified atom stereocenters. The van der Waals surface area contributed by atoms with Crippen LogP contribution in [0.3, 0.4) is 0 Å². The number of carboxylic acids is 1. The molecule has 7 heteroatoms. The van der Waals surface area contributed by atoms with Crippen molar-refractivity contribution in [2.45, 2.75) is 70.3 Å². The number of aliphatic carboxylic acids is 1. The van der Waals surface area contributed by atoms with Gasteiger partial charge in [-0.25, -0.2) is 0 Å². The van der Waals surface area contributed by atoms with E-state index >= 15 is 0 Å². The molecule has 0 aromatic heterocycles. The number of rotatable bonds is 12. The summed E-state index contributed by atoms with van der Waals surface area (Å²) in [6.07, 6.45) is 6.54. The second kappa shape index (κ2) is 12.7. The van der Waals surface area contributed by atoms with E-state index in [1.54, 1.807) is 7.11 Å². The second-order valence-electron chi connectivity index (χ2n) is 12.5. The van der Waals surface area contributed by atoms with Crippen molar-refractivity contribution in [2.75, 3.05) is 44.9 Å². The Bertz CT molecular complexity index is 1140. The molecule has 2 aromatic rings. The highest BCUT2D eigenvalue weighted by atomic mass is 16.5. The maximum atomic E-state index is 11.4. The zero-order valence-corrected chi connectivity index (χ0v) is 24.3. The van der Waals surface area contributed by atoms with Crippen LogP contribution in [0.25, 0.3) is 0 Å². The van der Waals surface area contributed by atoms with Gasteiger partial charge in [0.15, 0.2) is 0 Å². The summed E-state index contributed by atoms with van der Waals surface area (Å²) in [7, 11) is 1.71. The average Bonchev–Trinajstić information content (AvgIpc) is 3.79. The number of anilines is 1. The third kappa shape index (κ3) is 7.62. The topological polar surface area (TPSA) is 77.5 Å². The summed E-state index contributed by atoms with van der Waals surface area (Å²) in [4.78, 5) is 13.8. The van der Waals surface area contributed by atoms with Crippen LogP contribution in [0.2, 0.25) is 0 Å². The Hall–Kier alpha value is -2.93. The van der Waals surface area contributed by atoms with Gasteiger partial charge in [0.2, 0.25) is 0 Å². The molecule has 2 aliphatic heterocycles. The average molecular weight is 552 g/mol. The molecule has 0 spiro atoms. The standard InChI is InChI=1S/C33H45NO6/c1-33(2)20-24(13-16-40-33)22-39-31-10-9-27(37-3)18-30(31)34-14-11-23(12-15-34)21-38-28-6-4-5-26(17-28)29(19-32(35)36)25-7-8-25/h4-6,9-10,17-18,23-25,29H,7-8,11-16,19-22H2,1-3H3,(H,35,36). The fourth-order valence-corrected chi connectivity index (χ4v) is 6.33. The molecule has 2 aromatic carbocycles. The number of carbonyl (C=O) groups is 1. The van der Waals surface area contributed by atoms with E-state index in [0.717, 1.165) is 86.7 Å². The van der Waals surface area contributed by atoms with Crippen LogP contribution in [0.4, 0.5) is 5.69 Å². The van der Waals surface area contributed by atoms with Crippen molar-refractivity contribution in [1.82, 2.24) is 0 Å². The van der Waals surface area contributed by atoms with Gasteiger partial charge in [0, 0.05) is 25.8 Å². The molecule has 218 valence electrons. The summed E-state index contributed by atoms with van der Waals surface area (Å²) < 4.78 is 24.1. The largest absolute Gasteiger partial charge is 0.497 e. The van der Waals surface area contributed by atoms with Crippen LogP contribution in [0.1, 0.15) is 70.3 Å². The first-order valence-electron chi connectivity index (χ1n) is 14.9. The maximum Gasteiger partial charge on any atom is 0.303 e. The van der Waals surface area contributed by atoms with Crippen molar-refractivity contribution in [3.8, 4) is 17.2 Å². The minimum Gasteiger partial charge on any atom is -0.497 e. The van der Waals surface area contributed by atoms with E-state index < -0.39 is 5.97 Å². The van der Waals surface area contributed by atoms with E-state index in [1.165, 1.54) is 0 Å². The van der Waals surface area contributed by atoms with Crippen molar-refractivity contribution in [2.24, 2.45) is 17.8 Å². The van der Waals surface area contributed by atoms with Crippen LogP contribution in [-0.4, -0.2) is 56.7 Å². The summed E-state index contributed by atoms with van der Waals surface area (Å²) in [6.45, 7) is 8.35. The minimum absolute atomic E-state index is 0.0847. The first kappa shape index (κ1) is 28.6. The highest BCUT2D eigenvalue weighted by Gasteiger charge is 2.34. The second-order valence-corrected chi connectivity index (χ2v) is 12.5. The van der Waals surface area contributed by atoms with E-state index in [2.05, 4.69) is 30.9 Å². The van der Waals surface area contributed by atoms with Crippen LogP contribution >= 0.6 is 0 Å². The molecule has 1 N–H and O–H groups in total. The lowest BCUT2D eigenvalue weighted by atomic mass is 9.89. The Morgan fingerprint density at radius 2 is 1.77 bits per heavy atom. The van der Waals surface area contributed by atoms with Crippen LogP contribution in [0.15, 0.2) is 42.5 Å². The monoisotopic (exact) mass is 551 g/mol. The number of methoxy groups -OCH3 is 1.